The molecule has 0 saturated carbocycles. The van der Waals surface area contributed by atoms with Crippen molar-refractivity contribution < 1.29 is 9.53 Å². The van der Waals surface area contributed by atoms with Gasteiger partial charge in [0.05, 0.1) is 12.9 Å². The van der Waals surface area contributed by atoms with Crippen molar-refractivity contribution in [1.29, 1.82) is 0 Å². The minimum Gasteiger partial charge on any atom is -0.496 e. The number of ether oxygens (including phenoxy) is 1. The van der Waals surface area contributed by atoms with Crippen LogP contribution >= 0.6 is 11.8 Å². The fraction of sp³-hybridized carbons (Fsp3) is 0.364. The summed E-state index contributed by atoms with van der Waals surface area (Å²) in [5.74, 6) is 1.62. The zero-order valence-electron chi connectivity index (χ0n) is 8.66. The summed E-state index contributed by atoms with van der Waals surface area (Å²) in [5.41, 5.74) is 1.10. The standard InChI is InChI=1S/C11H14O2S/c1-8-6-10(14-7-9(2)12)4-5-11(8)13-3/h4-6H,7H2,1-3H3. The number of hydrogen-bond acceptors (Lipinski definition) is 3. The van der Waals surface area contributed by atoms with Crippen LogP contribution in [0.4, 0.5) is 0 Å². The highest BCUT2D eigenvalue weighted by Crippen LogP contribution is 2.25. The van der Waals surface area contributed by atoms with Gasteiger partial charge in [0.2, 0.25) is 0 Å². The predicted molar refractivity (Wildman–Crippen MR) is 59.1 cm³/mol. The molecule has 2 nitrogen and oxygen atoms in total. The van der Waals surface area contributed by atoms with Gasteiger partial charge in [-0.05, 0) is 37.6 Å². The van der Waals surface area contributed by atoms with Gasteiger partial charge in [-0.25, -0.2) is 0 Å². The molecule has 0 aliphatic heterocycles. The Labute approximate surface area is 88.7 Å². The third-order valence-corrected chi connectivity index (χ3v) is 2.95. The Bertz CT molecular complexity index is 334. The van der Waals surface area contributed by atoms with Crippen LogP contribution in [0.1, 0.15) is 12.5 Å². The second-order valence-corrected chi connectivity index (χ2v) is 4.17. The first-order chi connectivity index (χ1) is 6.63. The first kappa shape index (κ1) is 11.1. The van der Waals surface area contributed by atoms with E-state index in [9.17, 15) is 4.79 Å². The van der Waals surface area contributed by atoms with Crippen molar-refractivity contribution in [3.8, 4) is 5.75 Å². The van der Waals surface area contributed by atoms with E-state index in [1.807, 2.05) is 25.1 Å². The molecule has 0 heterocycles. The number of carbonyl (C=O) groups is 1. The molecule has 0 bridgehead atoms. The molecule has 0 atom stereocenters. The topological polar surface area (TPSA) is 26.3 Å². The zero-order chi connectivity index (χ0) is 10.6. The zero-order valence-corrected chi connectivity index (χ0v) is 9.48. The molecular weight excluding hydrogens is 196 g/mol. The van der Waals surface area contributed by atoms with Gasteiger partial charge in [-0.15, -0.1) is 11.8 Å². The number of Topliss-reactive ketones (excluding diaryl/α,β-unsaturated/α-hetero) is 1. The molecule has 0 saturated heterocycles. The van der Waals surface area contributed by atoms with E-state index in [2.05, 4.69) is 0 Å². The van der Waals surface area contributed by atoms with Crippen LogP contribution in [0.5, 0.6) is 5.75 Å². The molecule has 0 radical (unpaired) electrons. The molecule has 0 aliphatic rings. The Kier molecular flexibility index (Phi) is 4.01. The number of thioether (sulfide) groups is 1. The first-order valence-corrected chi connectivity index (χ1v) is 5.39. The molecule has 0 aliphatic carbocycles. The van der Waals surface area contributed by atoms with Crippen molar-refractivity contribution in [2.45, 2.75) is 18.7 Å². The van der Waals surface area contributed by atoms with Gasteiger partial charge in [-0.1, -0.05) is 0 Å². The van der Waals surface area contributed by atoms with Gasteiger partial charge in [-0.3, -0.25) is 4.79 Å². The summed E-state index contributed by atoms with van der Waals surface area (Å²) in [5, 5.41) is 0. The lowest BCUT2D eigenvalue weighted by Gasteiger charge is -2.06. The van der Waals surface area contributed by atoms with E-state index in [0.29, 0.717) is 5.75 Å². The molecule has 0 aromatic heterocycles. The van der Waals surface area contributed by atoms with Crippen LogP contribution in [0, 0.1) is 6.92 Å². The molecule has 0 spiro atoms. The van der Waals surface area contributed by atoms with E-state index in [-0.39, 0.29) is 5.78 Å². The minimum absolute atomic E-state index is 0.198. The summed E-state index contributed by atoms with van der Waals surface area (Å²) in [4.78, 5) is 11.9. The first-order valence-electron chi connectivity index (χ1n) is 4.40. The van der Waals surface area contributed by atoms with Crippen molar-refractivity contribution >= 4 is 17.5 Å². The summed E-state index contributed by atoms with van der Waals surface area (Å²) >= 11 is 1.56. The second-order valence-electron chi connectivity index (χ2n) is 3.12. The number of ketones is 1. The quantitative estimate of drug-likeness (QED) is 0.715. The normalized spacial score (nSPS) is 9.93. The van der Waals surface area contributed by atoms with Gasteiger partial charge in [-0.2, -0.15) is 0 Å². The molecule has 1 aromatic carbocycles. The van der Waals surface area contributed by atoms with Crippen LogP contribution in [0.3, 0.4) is 0 Å². The van der Waals surface area contributed by atoms with Crippen molar-refractivity contribution in [2.24, 2.45) is 0 Å². The Morgan fingerprint density at radius 2 is 2.21 bits per heavy atom. The molecule has 3 heteroatoms. The summed E-state index contributed by atoms with van der Waals surface area (Å²) in [7, 11) is 1.66. The molecule has 0 N–H and O–H groups in total. The van der Waals surface area contributed by atoms with Crippen molar-refractivity contribution in [2.75, 3.05) is 12.9 Å². The lowest BCUT2D eigenvalue weighted by Crippen LogP contribution is -1.93. The summed E-state index contributed by atoms with van der Waals surface area (Å²) in [6.45, 7) is 3.60. The SMILES string of the molecule is COc1ccc(SCC(C)=O)cc1C. The Hall–Kier alpha value is -0.960. The van der Waals surface area contributed by atoms with Crippen molar-refractivity contribution in [3.05, 3.63) is 23.8 Å². The fourth-order valence-electron chi connectivity index (χ4n) is 1.13. The van der Waals surface area contributed by atoms with Gasteiger partial charge >= 0.3 is 0 Å². The van der Waals surface area contributed by atoms with Crippen molar-refractivity contribution in [1.82, 2.24) is 0 Å². The maximum atomic E-state index is 10.8. The molecule has 1 rings (SSSR count). The molecule has 14 heavy (non-hydrogen) atoms. The number of methoxy groups -OCH3 is 1. The van der Waals surface area contributed by atoms with Gasteiger partial charge in [0, 0.05) is 4.90 Å². The number of hydrogen-bond donors (Lipinski definition) is 0. The highest BCUT2D eigenvalue weighted by Gasteiger charge is 2.01. The summed E-state index contributed by atoms with van der Waals surface area (Å²) in [6, 6.07) is 5.93. The largest absolute Gasteiger partial charge is 0.496 e. The average Bonchev–Trinajstić information content (AvgIpc) is 2.15. The predicted octanol–water partition coefficient (Wildman–Crippen LogP) is 2.68. The van der Waals surface area contributed by atoms with Crippen LogP contribution in [0.15, 0.2) is 23.1 Å². The Balaban J connectivity index is 2.71. The maximum absolute atomic E-state index is 10.8. The second kappa shape index (κ2) is 5.05. The Morgan fingerprint density at radius 3 is 2.71 bits per heavy atom. The van der Waals surface area contributed by atoms with Crippen LogP contribution in [0.2, 0.25) is 0 Å². The molecule has 1 aromatic rings. The van der Waals surface area contributed by atoms with Gasteiger partial charge in [0.25, 0.3) is 0 Å². The van der Waals surface area contributed by atoms with Gasteiger partial charge in [0.15, 0.2) is 0 Å². The number of benzene rings is 1. The third kappa shape index (κ3) is 3.07. The van der Waals surface area contributed by atoms with E-state index in [1.54, 1.807) is 25.8 Å². The lowest BCUT2D eigenvalue weighted by molar-refractivity contribution is -0.114. The summed E-state index contributed by atoms with van der Waals surface area (Å²) in [6.07, 6.45) is 0. The lowest BCUT2D eigenvalue weighted by atomic mass is 10.2. The van der Waals surface area contributed by atoms with Gasteiger partial charge < -0.3 is 4.74 Å². The molecule has 76 valence electrons. The van der Waals surface area contributed by atoms with E-state index >= 15 is 0 Å². The maximum Gasteiger partial charge on any atom is 0.140 e. The van der Waals surface area contributed by atoms with Crippen LogP contribution in [-0.4, -0.2) is 18.6 Å². The van der Waals surface area contributed by atoms with Crippen molar-refractivity contribution in [3.63, 3.8) is 0 Å². The fourth-order valence-corrected chi connectivity index (χ4v) is 1.92. The van der Waals surface area contributed by atoms with Gasteiger partial charge in [0.1, 0.15) is 11.5 Å². The monoisotopic (exact) mass is 210 g/mol. The van der Waals surface area contributed by atoms with E-state index in [0.717, 1.165) is 16.2 Å². The molecular formula is C11H14O2S. The van der Waals surface area contributed by atoms with E-state index in [1.165, 1.54) is 0 Å². The van der Waals surface area contributed by atoms with E-state index < -0.39 is 0 Å². The molecule has 0 fully saturated rings. The third-order valence-electron chi connectivity index (χ3n) is 1.81. The summed E-state index contributed by atoms with van der Waals surface area (Å²) < 4.78 is 5.15. The minimum atomic E-state index is 0.198. The number of aryl methyl sites for hydroxylation is 1. The highest BCUT2D eigenvalue weighted by molar-refractivity contribution is 8.00. The van der Waals surface area contributed by atoms with Crippen LogP contribution in [-0.2, 0) is 4.79 Å². The number of carbonyl (C=O) groups excluding carboxylic acids is 1. The van der Waals surface area contributed by atoms with Crippen LogP contribution in [0.25, 0.3) is 0 Å². The Morgan fingerprint density at radius 1 is 1.50 bits per heavy atom. The smallest absolute Gasteiger partial charge is 0.140 e. The average molecular weight is 210 g/mol. The molecule has 0 amide bonds. The molecule has 0 unspecified atom stereocenters. The van der Waals surface area contributed by atoms with Crippen LogP contribution < -0.4 is 4.74 Å². The van der Waals surface area contributed by atoms with E-state index in [4.69, 9.17) is 4.74 Å². The number of rotatable bonds is 4. The highest BCUT2D eigenvalue weighted by atomic mass is 32.2.